The van der Waals surface area contributed by atoms with Crippen LogP contribution in [0.5, 0.6) is 0 Å². The lowest BCUT2D eigenvalue weighted by atomic mass is 10.0. The van der Waals surface area contributed by atoms with E-state index in [1.54, 1.807) is 4.88 Å². The van der Waals surface area contributed by atoms with Crippen molar-refractivity contribution in [3.8, 4) is 20.2 Å². The van der Waals surface area contributed by atoms with Gasteiger partial charge in [0.05, 0.1) is 4.88 Å². The Hall–Kier alpha value is -1.94. The van der Waals surface area contributed by atoms with E-state index in [9.17, 15) is 0 Å². The molecule has 0 saturated carbocycles. The maximum absolute atomic E-state index is 2.37. The van der Waals surface area contributed by atoms with Gasteiger partial charge in [-0.1, -0.05) is 94.8 Å². The molecule has 0 atom stereocenters. The number of rotatable bonds is 12. The van der Waals surface area contributed by atoms with Crippen molar-refractivity contribution in [1.29, 1.82) is 0 Å². The SMILES string of the molecule is CCCCCCc1ccc(-c2sc(-c3c(CCCCCC)sc4ccccc34)c3ccccc23)s1. The Morgan fingerprint density at radius 3 is 1.94 bits per heavy atom. The first-order valence-electron chi connectivity index (χ1n) is 13.4. The van der Waals surface area contributed by atoms with E-state index in [-0.39, 0.29) is 0 Å². The van der Waals surface area contributed by atoms with Crippen LogP contribution in [-0.2, 0) is 12.8 Å². The normalized spacial score (nSPS) is 11.7. The van der Waals surface area contributed by atoms with Gasteiger partial charge in [-0.05, 0) is 43.9 Å². The summed E-state index contributed by atoms with van der Waals surface area (Å²) in [6.45, 7) is 4.58. The van der Waals surface area contributed by atoms with Crippen molar-refractivity contribution in [2.45, 2.75) is 78.1 Å². The minimum Gasteiger partial charge on any atom is -0.140 e. The van der Waals surface area contributed by atoms with E-state index in [1.165, 1.54) is 110 Å². The number of unbranched alkanes of at least 4 members (excludes halogenated alkanes) is 6. The quantitative estimate of drug-likeness (QED) is 0.145. The molecule has 0 fully saturated rings. The van der Waals surface area contributed by atoms with Gasteiger partial charge in [-0.3, -0.25) is 0 Å². The molecule has 0 amide bonds. The summed E-state index contributed by atoms with van der Waals surface area (Å²) in [4.78, 5) is 7.47. The molecule has 0 radical (unpaired) electrons. The molecule has 0 spiro atoms. The molecule has 0 N–H and O–H groups in total. The first-order chi connectivity index (χ1) is 17.3. The molecule has 35 heavy (non-hydrogen) atoms. The Labute approximate surface area is 222 Å². The van der Waals surface area contributed by atoms with Crippen molar-refractivity contribution in [1.82, 2.24) is 0 Å². The Bertz CT molecular complexity index is 1380. The Morgan fingerprint density at radius 2 is 1.20 bits per heavy atom. The summed E-state index contributed by atoms with van der Waals surface area (Å²) in [5, 5.41) is 4.27. The van der Waals surface area contributed by atoms with Crippen molar-refractivity contribution in [3.63, 3.8) is 0 Å². The van der Waals surface area contributed by atoms with Gasteiger partial charge < -0.3 is 0 Å². The summed E-state index contributed by atoms with van der Waals surface area (Å²) in [6.07, 6.45) is 13.0. The van der Waals surface area contributed by atoms with E-state index in [2.05, 4.69) is 74.5 Å². The van der Waals surface area contributed by atoms with Gasteiger partial charge in [0, 0.05) is 45.9 Å². The topological polar surface area (TPSA) is 0 Å². The van der Waals surface area contributed by atoms with Gasteiger partial charge in [0.1, 0.15) is 0 Å². The van der Waals surface area contributed by atoms with E-state index in [0.29, 0.717) is 0 Å². The molecule has 0 bridgehead atoms. The summed E-state index contributed by atoms with van der Waals surface area (Å²) in [7, 11) is 0. The zero-order chi connectivity index (χ0) is 24.0. The van der Waals surface area contributed by atoms with Crippen LogP contribution in [0.15, 0.2) is 60.7 Å². The second-order valence-electron chi connectivity index (χ2n) is 9.59. The van der Waals surface area contributed by atoms with Crippen LogP contribution in [0.2, 0.25) is 0 Å². The summed E-state index contributed by atoms with van der Waals surface area (Å²) < 4.78 is 1.43. The molecular weight excluding hydrogens is 481 g/mol. The average molecular weight is 517 g/mol. The summed E-state index contributed by atoms with van der Waals surface area (Å²) in [6, 6.07) is 22.9. The second kappa shape index (κ2) is 11.9. The van der Waals surface area contributed by atoms with Gasteiger partial charge in [-0.15, -0.1) is 34.0 Å². The predicted molar refractivity (Wildman–Crippen MR) is 162 cm³/mol. The number of fused-ring (bicyclic) bond motifs is 2. The van der Waals surface area contributed by atoms with Gasteiger partial charge in [-0.25, -0.2) is 0 Å². The van der Waals surface area contributed by atoms with Gasteiger partial charge in [0.15, 0.2) is 0 Å². The molecule has 2 aromatic carbocycles. The summed E-state index contributed by atoms with van der Waals surface area (Å²) in [5.74, 6) is 0. The van der Waals surface area contributed by atoms with Gasteiger partial charge in [-0.2, -0.15) is 0 Å². The average Bonchev–Trinajstić information content (AvgIpc) is 3.59. The minimum atomic E-state index is 1.19. The predicted octanol–water partition coefficient (Wildman–Crippen LogP) is 11.8. The van der Waals surface area contributed by atoms with E-state index >= 15 is 0 Å². The van der Waals surface area contributed by atoms with E-state index < -0.39 is 0 Å². The summed E-state index contributed by atoms with van der Waals surface area (Å²) in [5.41, 5.74) is 1.51. The molecule has 0 nitrogen and oxygen atoms in total. The Balaban J connectivity index is 1.55. The molecule has 0 aliphatic rings. The molecule has 5 aromatic rings. The fourth-order valence-corrected chi connectivity index (χ4v) is 8.91. The molecule has 3 heterocycles. The lowest BCUT2D eigenvalue weighted by Gasteiger charge is -2.04. The molecule has 182 valence electrons. The van der Waals surface area contributed by atoms with E-state index in [1.807, 2.05) is 34.0 Å². The minimum absolute atomic E-state index is 1.19. The van der Waals surface area contributed by atoms with Crippen LogP contribution in [0.25, 0.3) is 41.1 Å². The Kier molecular flexibility index (Phi) is 8.39. The highest BCUT2D eigenvalue weighted by Gasteiger charge is 2.21. The van der Waals surface area contributed by atoms with Gasteiger partial charge in [0.2, 0.25) is 0 Å². The van der Waals surface area contributed by atoms with Crippen LogP contribution in [0.3, 0.4) is 0 Å². The molecule has 0 aliphatic heterocycles. The molecule has 0 unspecified atom stereocenters. The van der Waals surface area contributed by atoms with Crippen molar-refractivity contribution < 1.29 is 0 Å². The number of thiophene rings is 3. The highest BCUT2D eigenvalue weighted by Crippen LogP contribution is 2.50. The molecule has 5 rings (SSSR count). The largest absolute Gasteiger partial charge is 0.140 e. The van der Waals surface area contributed by atoms with Crippen LogP contribution < -0.4 is 0 Å². The summed E-state index contributed by atoms with van der Waals surface area (Å²) >= 11 is 6.05. The number of hydrogen-bond acceptors (Lipinski definition) is 3. The highest BCUT2D eigenvalue weighted by molar-refractivity contribution is 7.26. The fourth-order valence-electron chi connectivity index (χ4n) is 5.05. The van der Waals surface area contributed by atoms with Crippen LogP contribution in [0, 0.1) is 0 Å². The van der Waals surface area contributed by atoms with Crippen LogP contribution >= 0.6 is 34.0 Å². The fraction of sp³-hybridized carbons (Fsp3) is 0.375. The van der Waals surface area contributed by atoms with Crippen molar-refractivity contribution in [2.75, 3.05) is 0 Å². The van der Waals surface area contributed by atoms with Crippen LogP contribution in [0.1, 0.15) is 75.0 Å². The highest BCUT2D eigenvalue weighted by atomic mass is 32.1. The monoisotopic (exact) mass is 516 g/mol. The standard InChI is InChI=1S/C32H36S3/c1-3-5-7-9-15-23-21-22-29(33-23)31-24-16-11-12-17-25(24)32(35-31)30-26-18-13-14-19-27(26)34-28(30)20-10-8-6-4-2/h11-14,16-19,21-22H,3-10,15,20H2,1-2H3. The van der Waals surface area contributed by atoms with E-state index in [4.69, 9.17) is 0 Å². The van der Waals surface area contributed by atoms with Crippen LogP contribution in [-0.4, -0.2) is 0 Å². The number of aryl methyl sites for hydroxylation is 2. The van der Waals surface area contributed by atoms with Crippen molar-refractivity contribution in [2.24, 2.45) is 0 Å². The zero-order valence-electron chi connectivity index (χ0n) is 21.1. The maximum atomic E-state index is 2.37. The lowest BCUT2D eigenvalue weighted by Crippen LogP contribution is -1.85. The molecule has 0 saturated heterocycles. The molecule has 3 heteroatoms. The van der Waals surface area contributed by atoms with Crippen molar-refractivity contribution in [3.05, 3.63) is 70.4 Å². The van der Waals surface area contributed by atoms with Crippen LogP contribution in [0.4, 0.5) is 0 Å². The maximum Gasteiger partial charge on any atom is 0.0527 e. The smallest absolute Gasteiger partial charge is 0.0527 e. The van der Waals surface area contributed by atoms with Crippen molar-refractivity contribution >= 4 is 54.9 Å². The third-order valence-corrected chi connectivity index (χ3v) is 10.7. The first kappa shape index (κ1) is 24.7. The molecule has 0 aliphatic carbocycles. The first-order valence-corrected chi connectivity index (χ1v) is 15.9. The van der Waals surface area contributed by atoms with E-state index in [0.717, 1.165) is 0 Å². The Morgan fingerprint density at radius 1 is 0.543 bits per heavy atom. The molecule has 3 aromatic heterocycles. The number of benzene rings is 2. The van der Waals surface area contributed by atoms with Gasteiger partial charge >= 0.3 is 0 Å². The lowest BCUT2D eigenvalue weighted by molar-refractivity contribution is 0.670. The number of hydrogen-bond donors (Lipinski definition) is 0. The van der Waals surface area contributed by atoms with Gasteiger partial charge in [0.25, 0.3) is 0 Å². The zero-order valence-corrected chi connectivity index (χ0v) is 23.5. The third-order valence-electron chi connectivity index (χ3n) is 6.94. The second-order valence-corrected chi connectivity index (χ2v) is 12.9. The third kappa shape index (κ3) is 5.43. The molecular formula is C32H36S3.